The standard InChI is InChI=1S/2C42H24N4/c2*1-2-12-26(13-3-1)39-42(44-40-27-14-5-4-11-25(27)23-24-32(40)43-39)46-34-20-9-16-29-31-18-8-17-30-28-15-6-7-19-33(28)45(41(30)31)35-21-10-22-36(46)38(35)37(29)34/h2*1-24H/i18D,19D;22D. The minimum absolute atomic E-state index is 0.448. The summed E-state index contributed by atoms with van der Waals surface area (Å²) in [6.45, 7) is 0. The van der Waals surface area contributed by atoms with Crippen LogP contribution in [-0.2, 0) is 0 Å². The summed E-state index contributed by atoms with van der Waals surface area (Å²) in [6, 6.07) is 95.5. The monoisotopic (exact) mass is 1170 g/mol. The number of hydrogen-bond acceptors (Lipinski definition) is 4. The van der Waals surface area contributed by atoms with Crippen LogP contribution in [0.1, 0.15) is 4.11 Å². The molecule has 0 aliphatic rings. The predicted molar refractivity (Wildman–Crippen MR) is 383 cm³/mol. The van der Waals surface area contributed by atoms with Gasteiger partial charge in [-0.3, -0.25) is 9.13 Å². The van der Waals surface area contributed by atoms with Crippen LogP contribution in [0.5, 0.6) is 0 Å². The van der Waals surface area contributed by atoms with Gasteiger partial charge in [-0.25, -0.2) is 19.9 Å². The van der Waals surface area contributed by atoms with Gasteiger partial charge in [0.15, 0.2) is 11.6 Å². The molecule has 0 unspecified atom stereocenters. The van der Waals surface area contributed by atoms with E-state index in [0.717, 1.165) is 176 Å². The maximum atomic E-state index is 9.47. The van der Waals surface area contributed by atoms with Crippen LogP contribution >= 0.6 is 0 Å². The van der Waals surface area contributed by atoms with E-state index in [1.165, 1.54) is 21.7 Å². The highest BCUT2D eigenvalue weighted by Crippen LogP contribution is 2.48. The number of rotatable bonds is 4. The van der Waals surface area contributed by atoms with Crippen LogP contribution in [0.25, 0.3) is 198 Å². The van der Waals surface area contributed by atoms with Gasteiger partial charge in [0.25, 0.3) is 0 Å². The number of nitrogens with zero attached hydrogens (tertiary/aromatic N) is 8. The van der Waals surface area contributed by atoms with Crippen molar-refractivity contribution in [3.8, 4) is 34.2 Å². The van der Waals surface area contributed by atoms with Gasteiger partial charge in [-0.05, 0) is 82.2 Å². The lowest BCUT2D eigenvalue weighted by Crippen LogP contribution is -2.04. The van der Waals surface area contributed by atoms with Crippen molar-refractivity contribution >= 4 is 163 Å². The van der Waals surface area contributed by atoms with Gasteiger partial charge in [-0.15, -0.1) is 0 Å². The molecule has 0 aliphatic carbocycles. The van der Waals surface area contributed by atoms with Crippen molar-refractivity contribution < 1.29 is 4.11 Å². The molecule has 0 spiro atoms. The highest BCUT2D eigenvalue weighted by molar-refractivity contribution is 6.33. The fourth-order valence-electron chi connectivity index (χ4n) is 15.6. The van der Waals surface area contributed by atoms with Crippen molar-refractivity contribution in [2.45, 2.75) is 0 Å². The lowest BCUT2D eigenvalue weighted by atomic mass is 10.0. The van der Waals surface area contributed by atoms with Gasteiger partial charge in [0.2, 0.25) is 0 Å². The summed E-state index contributed by atoms with van der Waals surface area (Å²) in [5.74, 6) is 1.47. The Morgan fingerprint density at radius 1 is 0.239 bits per heavy atom. The van der Waals surface area contributed by atoms with E-state index in [1.807, 2.05) is 66.7 Å². The molecule has 0 aliphatic heterocycles. The molecular formula is C84H48N8. The average Bonchev–Trinajstić information content (AvgIpc) is 1.55. The lowest BCUT2D eigenvalue weighted by Gasteiger charge is -2.15. The summed E-state index contributed by atoms with van der Waals surface area (Å²) >= 11 is 0. The van der Waals surface area contributed by atoms with Crippen molar-refractivity contribution in [3.05, 3.63) is 291 Å². The third kappa shape index (κ3) is 6.63. The summed E-state index contributed by atoms with van der Waals surface area (Å²) in [7, 11) is 0. The second kappa shape index (κ2) is 18.5. The topological polar surface area (TPSA) is 70.2 Å². The summed E-state index contributed by atoms with van der Waals surface area (Å²) in [6.07, 6.45) is 0. The molecule has 8 nitrogen and oxygen atoms in total. The normalized spacial score (nSPS) is 12.8. The Kier molecular flexibility index (Phi) is 9.39. The first kappa shape index (κ1) is 46.6. The van der Waals surface area contributed by atoms with E-state index in [1.54, 1.807) is 0 Å². The molecule has 0 amide bonds. The molecule has 0 bridgehead atoms. The molecule has 0 saturated heterocycles. The Hall–Kier alpha value is -12.5. The van der Waals surface area contributed by atoms with E-state index in [0.29, 0.717) is 18.1 Å². The maximum Gasteiger partial charge on any atom is 0.165 e. The Balaban J connectivity index is 0.000000127. The summed E-state index contributed by atoms with van der Waals surface area (Å²) < 4.78 is 36.9. The van der Waals surface area contributed by atoms with E-state index < -0.39 is 0 Å². The second-order valence-electron chi connectivity index (χ2n) is 24.1. The highest BCUT2D eigenvalue weighted by Gasteiger charge is 2.27. The third-order valence-electron chi connectivity index (χ3n) is 19.4. The Bertz CT molecular complexity index is 7070. The van der Waals surface area contributed by atoms with E-state index in [-0.39, 0.29) is 0 Å². The molecule has 0 saturated carbocycles. The van der Waals surface area contributed by atoms with E-state index in [2.05, 4.69) is 224 Å². The van der Waals surface area contributed by atoms with Crippen LogP contribution in [0, 0.1) is 0 Å². The smallest absolute Gasteiger partial charge is 0.165 e. The zero-order valence-corrected chi connectivity index (χ0v) is 49.1. The van der Waals surface area contributed by atoms with Gasteiger partial charge < -0.3 is 8.80 Å². The molecule has 8 heteroatoms. The van der Waals surface area contributed by atoms with Crippen LogP contribution < -0.4 is 0 Å². The average molecular weight is 1170 g/mol. The van der Waals surface area contributed by atoms with Crippen molar-refractivity contribution in [1.29, 1.82) is 0 Å². The molecule has 22 aromatic rings. The third-order valence-corrected chi connectivity index (χ3v) is 19.4. The van der Waals surface area contributed by atoms with Crippen molar-refractivity contribution in [3.63, 3.8) is 0 Å². The number of para-hydroxylation sites is 4. The van der Waals surface area contributed by atoms with Crippen LogP contribution in [0.3, 0.4) is 0 Å². The van der Waals surface area contributed by atoms with Crippen molar-refractivity contribution in [1.82, 2.24) is 37.9 Å². The van der Waals surface area contributed by atoms with Gasteiger partial charge in [0, 0.05) is 75.8 Å². The highest BCUT2D eigenvalue weighted by atomic mass is 15.1. The number of aromatic nitrogens is 8. The first-order valence-electron chi connectivity index (χ1n) is 32.6. The SMILES string of the molecule is [2H]c1ccc2c3c4c(cccc4n(-c4nc5c(ccc6ccccc65)nc4-c4ccccc4)c13)c1cccc3c4ccccc4n2c13.[2H]c1ccc2c3cccc([2H])c3n3c4cccc5c4c4c(cccc4n5-c4nc5c(ccc6ccccc65)nc4-c4ccccc4)c1c23. The summed E-state index contributed by atoms with van der Waals surface area (Å²) in [5, 5.41) is 17.4. The maximum absolute atomic E-state index is 9.47. The molecule has 424 valence electrons. The van der Waals surface area contributed by atoms with Gasteiger partial charge in [-0.1, -0.05) is 230 Å². The fourth-order valence-corrected chi connectivity index (χ4v) is 15.6. The van der Waals surface area contributed by atoms with Gasteiger partial charge in [0.1, 0.15) is 11.4 Å². The number of fused-ring (bicyclic) bond motifs is 16. The predicted octanol–water partition coefficient (Wildman–Crippen LogP) is 21.4. The number of benzene rings is 14. The van der Waals surface area contributed by atoms with Crippen molar-refractivity contribution in [2.24, 2.45) is 0 Å². The van der Waals surface area contributed by atoms with E-state index in [9.17, 15) is 2.74 Å². The largest absolute Gasteiger partial charge is 0.308 e. The van der Waals surface area contributed by atoms with Crippen LogP contribution in [-0.4, -0.2) is 37.9 Å². The first-order chi connectivity index (χ1) is 46.9. The molecule has 8 heterocycles. The zero-order valence-electron chi connectivity index (χ0n) is 52.1. The van der Waals surface area contributed by atoms with Crippen LogP contribution in [0.15, 0.2) is 291 Å². The zero-order chi connectivity index (χ0) is 62.5. The Morgan fingerprint density at radius 3 is 1.27 bits per heavy atom. The fraction of sp³-hybridized carbons (Fsp3) is 0. The summed E-state index contributed by atoms with van der Waals surface area (Å²) in [4.78, 5) is 21.7. The molecule has 92 heavy (non-hydrogen) atoms. The molecule has 14 aromatic carbocycles. The van der Waals surface area contributed by atoms with Gasteiger partial charge in [-0.2, -0.15) is 0 Å². The second-order valence-corrected chi connectivity index (χ2v) is 24.1. The summed E-state index contributed by atoms with van der Waals surface area (Å²) in [5.41, 5.74) is 17.0. The van der Waals surface area contributed by atoms with Crippen molar-refractivity contribution in [2.75, 3.05) is 0 Å². The van der Waals surface area contributed by atoms with Gasteiger partial charge >= 0.3 is 0 Å². The number of hydrogen-bond donors (Lipinski definition) is 0. The van der Waals surface area contributed by atoms with E-state index in [4.69, 9.17) is 21.3 Å². The molecule has 0 fully saturated rings. The minimum atomic E-state index is 0.448. The van der Waals surface area contributed by atoms with E-state index >= 15 is 0 Å². The van der Waals surface area contributed by atoms with Crippen LogP contribution in [0.4, 0.5) is 0 Å². The Labute approximate surface area is 527 Å². The molecule has 22 rings (SSSR count). The molecular weight excluding hydrogens is 1120 g/mol. The minimum Gasteiger partial charge on any atom is -0.308 e. The quantitative estimate of drug-likeness (QED) is 0.165. The molecule has 8 aromatic heterocycles. The molecule has 0 radical (unpaired) electrons. The van der Waals surface area contributed by atoms with Crippen LogP contribution in [0.2, 0.25) is 0 Å². The molecule has 0 atom stereocenters. The lowest BCUT2D eigenvalue weighted by molar-refractivity contribution is 1.08. The first-order valence-corrected chi connectivity index (χ1v) is 31.1. The Morgan fingerprint density at radius 2 is 0.630 bits per heavy atom. The van der Waals surface area contributed by atoms with Gasteiger partial charge in [0.05, 0.1) is 81.3 Å². The molecule has 0 N–H and O–H groups in total.